The zero-order chi connectivity index (χ0) is 18.8. The maximum atomic E-state index is 12.8. The van der Waals surface area contributed by atoms with Crippen molar-refractivity contribution in [3.63, 3.8) is 0 Å². The first-order valence-corrected chi connectivity index (χ1v) is 8.97. The monoisotopic (exact) mass is 462 g/mol. The molecule has 132 valence electrons. The van der Waals surface area contributed by atoms with Crippen LogP contribution in [0.5, 0.6) is 5.75 Å². The lowest BCUT2D eigenvalue weighted by Gasteiger charge is -2.26. The van der Waals surface area contributed by atoms with E-state index in [9.17, 15) is 19.5 Å². The molecule has 0 unspecified atom stereocenters. The predicted molar refractivity (Wildman–Crippen MR) is 106 cm³/mol. The van der Waals surface area contributed by atoms with Gasteiger partial charge < -0.3 is 5.11 Å². The van der Waals surface area contributed by atoms with E-state index in [1.165, 1.54) is 12.1 Å². The van der Waals surface area contributed by atoms with Gasteiger partial charge in [0.1, 0.15) is 11.3 Å². The number of halogens is 1. The van der Waals surface area contributed by atoms with Gasteiger partial charge in [0.25, 0.3) is 11.8 Å². The van der Waals surface area contributed by atoms with Crippen molar-refractivity contribution in [3.8, 4) is 5.75 Å². The van der Waals surface area contributed by atoms with Crippen molar-refractivity contribution in [2.24, 2.45) is 0 Å². The number of carbonyl (C=O) groups excluding carboxylic acids is 3. The van der Waals surface area contributed by atoms with Crippen LogP contribution in [0, 0.1) is 3.57 Å². The number of anilines is 1. The number of amides is 4. The normalized spacial score (nSPS) is 16.2. The molecule has 0 saturated carbocycles. The number of nitrogens with zero attached hydrogens (tertiary/aromatic N) is 1. The van der Waals surface area contributed by atoms with Gasteiger partial charge in [0.15, 0.2) is 0 Å². The number of hydrogen-bond acceptors (Lipinski definition) is 4. The zero-order valence-corrected chi connectivity index (χ0v) is 16.0. The molecule has 0 atom stereocenters. The van der Waals surface area contributed by atoms with Crippen molar-refractivity contribution in [2.45, 2.75) is 13.3 Å². The molecule has 2 aromatic rings. The number of barbiturate groups is 1. The number of aryl methyl sites for hydroxylation is 1. The standard InChI is InChI=1S/C19H15IN2O4/c1-2-11-3-6-13(7-4-11)22-18(25)14(17(24)21-19(22)26)9-12-5-8-16(23)15(20)10-12/h3-10,23H,2H2,1H3,(H,21,24,26). The number of aromatic hydroxyl groups is 1. The van der Waals surface area contributed by atoms with Gasteiger partial charge in [0.05, 0.1) is 9.26 Å². The average Bonchev–Trinajstić information content (AvgIpc) is 2.62. The SMILES string of the molecule is CCc1ccc(N2C(=O)NC(=O)C(=Cc3ccc(O)c(I)c3)C2=O)cc1. The smallest absolute Gasteiger partial charge is 0.335 e. The molecule has 0 radical (unpaired) electrons. The minimum absolute atomic E-state index is 0.111. The Kier molecular flexibility index (Phi) is 5.08. The molecule has 2 aromatic carbocycles. The molecule has 0 bridgehead atoms. The van der Waals surface area contributed by atoms with Gasteiger partial charge in [-0.25, -0.2) is 9.69 Å². The van der Waals surface area contributed by atoms with E-state index in [-0.39, 0.29) is 11.3 Å². The molecule has 1 saturated heterocycles. The largest absolute Gasteiger partial charge is 0.507 e. The quantitative estimate of drug-likeness (QED) is 0.417. The minimum Gasteiger partial charge on any atom is -0.507 e. The van der Waals surface area contributed by atoms with E-state index in [4.69, 9.17) is 0 Å². The van der Waals surface area contributed by atoms with Crippen molar-refractivity contribution in [1.29, 1.82) is 0 Å². The fraction of sp³-hybridized carbons (Fsp3) is 0.105. The fourth-order valence-electron chi connectivity index (χ4n) is 2.55. The van der Waals surface area contributed by atoms with Crippen molar-refractivity contribution >= 4 is 52.2 Å². The lowest BCUT2D eigenvalue weighted by atomic mass is 10.1. The van der Waals surface area contributed by atoms with Crippen molar-refractivity contribution in [1.82, 2.24) is 5.32 Å². The first-order chi connectivity index (χ1) is 12.4. The van der Waals surface area contributed by atoms with Gasteiger partial charge in [-0.2, -0.15) is 0 Å². The highest BCUT2D eigenvalue weighted by molar-refractivity contribution is 14.1. The van der Waals surface area contributed by atoms with Crippen molar-refractivity contribution < 1.29 is 19.5 Å². The topological polar surface area (TPSA) is 86.7 Å². The maximum absolute atomic E-state index is 12.8. The van der Waals surface area contributed by atoms with Gasteiger partial charge in [-0.1, -0.05) is 25.1 Å². The first kappa shape index (κ1) is 18.1. The number of imide groups is 2. The van der Waals surface area contributed by atoms with Gasteiger partial charge >= 0.3 is 6.03 Å². The molecule has 6 nitrogen and oxygen atoms in total. The number of rotatable bonds is 3. The Morgan fingerprint density at radius 2 is 1.81 bits per heavy atom. The lowest BCUT2D eigenvalue weighted by molar-refractivity contribution is -0.122. The van der Waals surface area contributed by atoms with Crippen LogP contribution in [0.3, 0.4) is 0 Å². The second-order valence-corrected chi connectivity index (χ2v) is 6.85. The maximum Gasteiger partial charge on any atom is 0.335 e. The van der Waals surface area contributed by atoms with Gasteiger partial charge in [-0.15, -0.1) is 0 Å². The van der Waals surface area contributed by atoms with E-state index in [0.29, 0.717) is 14.8 Å². The number of nitrogens with one attached hydrogen (secondary N) is 1. The van der Waals surface area contributed by atoms with Crippen LogP contribution in [-0.2, 0) is 16.0 Å². The Labute approximate surface area is 163 Å². The predicted octanol–water partition coefficient (Wildman–Crippen LogP) is 3.23. The highest BCUT2D eigenvalue weighted by atomic mass is 127. The third kappa shape index (κ3) is 3.48. The zero-order valence-electron chi connectivity index (χ0n) is 13.8. The Bertz CT molecular complexity index is 935. The Morgan fingerprint density at radius 1 is 1.12 bits per heavy atom. The van der Waals surface area contributed by atoms with Crippen molar-refractivity contribution in [2.75, 3.05) is 4.90 Å². The summed E-state index contributed by atoms with van der Waals surface area (Å²) in [5.74, 6) is -1.32. The molecule has 1 aliphatic heterocycles. The molecule has 1 heterocycles. The summed E-state index contributed by atoms with van der Waals surface area (Å²) in [6.07, 6.45) is 2.24. The summed E-state index contributed by atoms with van der Waals surface area (Å²) in [6.45, 7) is 2.01. The van der Waals surface area contributed by atoms with Crippen LogP contribution in [-0.4, -0.2) is 23.0 Å². The van der Waals surface area contributed by atoms with E-state index < -0.39 is 17.8 Å². The third-order valence-electron chi connectivity index (χ3n) is 3.99. The number of phenolic OH excluding ortho intramolecular Hbond substituents is 1. The van der Waals surface area contributed by atoms with E-state index >= 15 is 0 Å². The summed E-state index contributed by atoms with van der Waals surface area (Å²) in [5.41, 5.74) is 1.89. The third-order valence-corrected chi connectivity index (χ3v) is 4.85. The molecular formula is C19H15IN2O4. The number of carbonyl (C=O) groups is 3. The molecule has 2 N–H and O–H groups in total. The summed E-state index contributed by atoms with van der Waals surface area (Å²) < 4.78 is 0.587. The van der Waals surface area contributed by atoms with Gasteiger partial charge in [0, 0.05) is 0 Å². The van der Waals surface area contributed by atoms with Crippen LogP contribution in [0.2, 0.25) is 0 Å². The minimum atomic E-state index is -0.776. The highest BCUT2D eigenvalue weighted by Crippen LogP contribution is 2.25. The number of benzene rings is 2. The summed E-state index contributed by atoms with van der Waals surface area (Å²) in [7, 11) is 0. The first-order valence-electron chi connectivity index (χ1n) is 7.89. The van der Waals surface area contributed by atoms with Crippen LogP contribution in [0.15, 0.2) is 48.0 Å². The number of hydrogen-bond donors (Lipinski definition) is 2. The Balaban J connectivity index is 1.99. The summed E-state index contributed by atoms with van der Waals surface area (Å²) in [5, 5.41) is 11.8. The van der Waals surface area contributed by atoms with Crippen LogP contribution in [0.4, 0.5) is 10.5 Å². The number of phenols is 1. The van der Waals surface area contributed by atoms with Crippen LogP contribution < -0.4 is 10.2 Å². The highest BCUT2D eigenvalue weighted by Gasteiger charge is 2.36. The molecule has 0 spiro atoms. The summed E-state index contributed by atoms with van der Waals surface area (Å²) >= 11 is 1.95. The van der Waals surface area contributed by atoms with E-state index in [1.807, 2.05) is 41.6 Å². The van der Waals surface area contributed by atoms with E-state index in [2.05, 4.69) is 5.32 Å². The molecule has 4 amide bonds. The summed E-state index contributed by atoms with van der Waals surface area (Å²) in [4.78, 5) is 38.1. The molecule has 0 aliphatic carbocycles. The van der Waals surface area contributed by atoms with Crippen LogP contribution in [0.1, 0.15) is 18.1 Å². The molecule has 1 fully saturated rings. The fourth-order valence-corrected chi connectivity index (χ4v) is 3.09. The lowest BCUT2D eigenvalue weighted by Crippen LogP contribution is -2.54. The van der Waals surface area contributed by atoms with Gasteiger partial charge in [-0.3, -0.25) is 14.9 Å². The number of urea groups is 1. The average molecular weight is 462 g/mol. The summed E-state index contributed by atoms with van der Waals surface area (Å²) in [6, 6.07) is 10.9. The molecule has 26 heavy (non-hydrogen) atoms. The van der Waals surface area contributed by atoms with Gasteiger partial charge in [-0.05, 0) is 70.5 Å². The van der Waals surface area contributed by atoms with Crippen LogP contribution >= 0.6 is 22.6 Å². The molecular weight excluding hydrogens is 447 g/mol. The second-order valence-electron chi connectivity index (χ2n) is 5.69. The van der Waals surface area contributed by atoms with E-state index in [0.717, 1.165) is 16.9 Å². The van der Waals surface area contributed by atoms with E-state index in [1.54, 1.807) is 24.3 Å². The molecule has 7 heteroatoms. The van der Waals surface area contributed by atoms with Crippen LogP contribution in [0.25, 0.3) is 6.08 Å². The molecule has 3 rings (SSSR count). The Morgan fingerprint density at radius 3 is 2.42 bits per heavy atom. The van der Waals surface area contributed by atoms with Gasteiger partial charge in [0.2, 0.25) is 0 Å². The van der Waals surface area contributed by atoms with Crippen molar-refractivity contribution in [3.05, 3.63) is 62.7 Å². The molecule has 1 aliphatic rings. The second kappa shape index (κ2) is 7.28. The molecule has 0 aromatic heterocycles. The Hall–Kier alpha value is -2.68.